The molecule has 10 heteroatoms. The second-order valence-corrected chi connectivity index (χ2v) is 12.8. The molecule has 3 fully saturated rings. The average molecular weight is 588 g/mol. The first kappa shape index (κ1) is 28.2. The van der Waals surface area contributed by atoms with Gasteiger partial charge < -0.3 is 19.9 Å². The van der Waals surface area contributed by atoms with Crippen molar-refractivity contribution in [2.45, 2.75) is 57.8 Å². The number of ether oxygens (including phenoxy) is 1. The predicted molar refractivity (Wildman–Crippen MR) is 163 cm³/mol. The fourth-order valence-electron chi connectivity index (χ4n) is 7.11. The van der Waals surface area contributed by atoms with Crippen molar-refractivity contribution >= 4 is 22.3 Å². The molecule has 0 spiro atoms. The number of aryl methyl sites for hydroxylation is 1. The Morgan fingerprint density at radius 3 is 2.79 bits per heavy atom. The summed E-state index contributed by atoms with van der Waals surface area (Å²) in [4.78, 5) is 16.8. The molecule has 0 bridgehead atoms. The van der Waals surface area contributed by atoms with Gasteiger partial charge in [-0.25, -0.2) is 8.78 Å². The van der Waals surface area contributed by atoms with Gasteiger partial charge in [-0.15, -0.1) is 0 Å². The van der Waals surface area contributed by atoms with Crippen molar-refractivity contribution in [2.75, 3.05) is 62.2 Å². The van der Waals surface area contributed by atoms with E-state index >= 15 is 0 Å². The van der Waals surface area contributed by atoms with E-state index in [1.807, 2.05) is 25.1 Å². The number of halogens is 2. The van der Waals surface area contributed by atoms with Gasteiger partial charge in [-0.05, 0) is 55.7 Å². The fourth-order valence-corrected chi connectivity index (χ4v) is 7.11. The van der Waals surface area contributed by atoms with E-state index in [9.17, 15) is 14.0 Å². The molecule has 3 aromatic rings. The number of benzene rings is 2. The van der Waals surface area contributed by atoms with Gasteiger partial charge in [0.25, 0.3) is 0 Å². The van der Waals surface area contributed by atoms with Gasteiger partial charge in [-0.1, -0.05) is 18.2 Å². The molecule has 0 amide bonds. The van der Waals surface area contributed by atoms with Gasteiger partial charge in [0.15, 0.2) is 0 Å². The quantitative estimate of drug-likeness (QED) is 0.412. The number of piperazine rings is 1. The van der Waals surface area contributed by atoms with Crippen LogP contribution in [0.2, 0.25) is 0 Å². The molecule has 4 heterocycles. The lowest BCUT2D eigenvalue weighted by Crippen LogP contribution is -2.51. The van der Waals surface area contributed by atoms with Crippen molar-refractivity contribution in [3.63, 3.8) is 0 Å². The van der Waals surface area contributed by atoms with Gasteiger partial charge in [0.1, 0.15) is 17.8 Å². The van der Waals surface area contributed by atoms with Crippen LogP contribution >= 0.6 is 0 Å². The molecule has 1 saturated carbocycles. The predicted octanol–water partition coefficient (Wildman–Crippen LogP) is 4.53. The van der Waals surface area contributed by atoms with Crippen LogP contribution in [-0.2, 0) is 13.0 Å². The molecule has 3 aliphatic heterocycles. The molecule has 226 valence electrons. The summed E-state index contributed by atoms with van der Waals surface area (Å²) >= 11 is 0. The van der Waals surface area contributed by atoms with Crippen molar-refractivity contribution in [1.82, 2.24) is 20.2 Å². The zero-order valence-electron chi connectivity index (χ0n) is 24.8. The monoisotopic (exact) mass is 587 g/mol. The molecule has 8 nitrogen and oxygen atoms in total. The molecule has 2 aromatic carbocycles. The van der Waals surface area contributed by atoms with Gasteiger partial charge >= 0.3 is 6.01 Å². The first-order chi connectivity index (χ1) is 20.9. The van der Waals surface area contributed by atoms with Gasteiger partial charge in [0.2, 0.25) is 0 Å². The van der Waals surface area contributed by atoms with E-state index in [0.29, 0.717) is 50.7 Å². The maximum Gasteiger partial charge on any atom is 0.318 e. The average Bonchev–Trinajstić information content (AvgIpc) is 3.67. The number of rotatable bonds is 8. The van der Waals surface area contributed by atoms with Gasteiger partial charge in [0, 0.05) is 73.9 Å². The lowest BCUT2D eigenvalue weighted by Gasteiger charge is -2.37. The van der Waals surface area contributed by atoms with Crippen molar-refractivity contribution in [2.24, 2.45) is 5.41 Å². The Kier molecular flexibility index (Phi) is 7.56. The minimum Gasteiger partial charge on any atom is -0.463 e. The van der Waals surface area contributed by atoms with E-state index in [-0.39, 0.29) is 17.3 Å². The summed E-state index contributed by atoms with van der Waals surface area (Å²) in [6.07, 6.45) is 3.22. The Labute approximate surface area is 251 Å². The second kappa shape index (κ2) is 11.5. The molecule has 7 rings (SSSR count). The van der Waals surface area contributed by atoms with E-state index in [1.54, 1.807) is 0 Å². The van der Waals surface area contributed by atoms with Crippen molar-refractivity contribution in [3.8, 4) is 12.1 Å². The summed E-state index contributed by atoms with van der Waals surface area (Å²) in [5.41, 5.74) is 3.75. The fraction of sp³-hybridized carbons (Fsp3) is 0.545. The summed E-state index contributed by atoms with van der Waals surface area (Å²) < 4.78 is 34.9. The number of hydrogen-bond donors (Lipinski definition) is 1. The minimum atomic E-state index is -0.725. The van der Waals surface area contributed by atoms with E-state index in [2.05, 4.69) is 32.2 Å². The van der Waals surface area contributed by atoms with Crippen LogP contribution in [0.5, 0.6) is 6.01 Å². The molecule has 0 radical (unpaired) electrons. The van der Waals surface area contributed by atoms with Crippen LogP contribution in [0.1, 0.15) is 42.5 Å². The topological polar surface area (TPSA) is 80.6 Å². The third-order valence-corrected chi connectivity index (χ3v) is 9.71. The summed E-state index contributed by atoms with van der Waals surface area (Å²) in [6, 6.07) is 12.3. The number of hydrogen-bond acceptors (Lipinski definition) is 8. The second-order valence-electron chi connectivity index (χ2n) is 12.8. The summed E-state index contributed by atoms with van der Waals surface area (Å²) in [7, 11) is 0. The normalized spacial score (nSPS) is 23.3. The van der Waals surface area contributed by atoms with E-state index < -0.39 is 6.17 Å². The lowest BCUT2D eigenvalue weighted by molar-refractivity contribution is 0.164. The highest BCUT2D eigenvalue weighted by Crippen LogP contribution is 2.47. The Morgan fingerprint density at radius 1 is 1.12 bits per heavy atom. The highest BCUT2D eigenvalue weighted by Gasteiger charge is 2.46. The first-order valence-corrected chi connectivity index (χ1v) is 15.6. The highest BCUT2D eigenvalue weighted by molar-refractivity contribution is 5.97. The number of likely N-dealkylation sites (tertiary alicyclic amines) is 1. The standard InChI is InChI=1S/C33H39F2N7O/c1-22-27(35)6-5-23-3-2-4-29(30(22)23)41-15-9-26-28(19-41)38-32(39-31(26)42-16-13-37-25(18-42)7-12-36)43-21-33(10-11-33)20-40-14-8-24(34)17-40/h2-6,24-25,37H,7-11,13-21H2,1H3. The molecule has 2 unspecified atom stereocenters. The summed E-state index contributed by atoms with van der Waals surface area (Å²) in [5.74, 6) is 0.696. The van der Waals surface area contributed by atoms with E-state index in [1.165, 1.54) is 6.07 Å². The summed E-state index contributed by atoms with van der Waals surface area (Å²) in [5, 5.41) is 14.7. The number of nitrogens with one attached hydrogen (secondary N) is 1. The number of anilines is 2. The number of alkyl halides is 1. The lowest BCUT2D eigenvalue weighted by atomic mass is 9.99. The number of fused-ring (bicyclic) bond motifs is 2. The number of nitrogens with zero attached hydrogens (tertiary/aromatic N) is 6. The van der Waals surface area contributed by atoms with Gasteiger partial charge in [0.05, 0.1) is 31.3 Å². The van der Waals surface area contributed by atoms with E-state index in [4.69, 9.17) is 14.7 Å². The SMILES string of the molecule is Cc1c(F)ccc2cccc(N3CCc4c(nc(OCC5(CN6CCC(F)C6)CC5)nc4N4CCNC(CC#N)C4)C3)c12. The van der Waals surface area contributed by atoms with Crippen LogP contribution in [0.15, 0.2) is 30.3 Å². The minimum absolute atomic E-state index is 0.0347. The van der Waals surface area contributed by atoms with Gasteiger partial charge in [-0.2, -0.15) is 15.2 Å². The number of aromatic nitrogens is 2. The van der Waals surface area contributed by atoms with Crippen LogP contribution in [0.3, 0.4) is 0 Å². The van der Waals surface area contributed by atoms with E-state index in [0.717, 1.165) is 85.5 Å². The molecule has 2 saturated heterocycles. The van der Waals surface area contributed by atoms with Crippen molar-refractivity contribution < 1.29 is 13.5 Å². The van der Waals surface area contributed by atoms with Crippen LogP contribution in [-0.4, -0.2) is 79.5 Å². The van der Waals surface area contributed by atoms with Crippen molar-refractivity contribution in [1.29, 1.82) is 5.26 Å². The maximum atomic E-state index is 14.7. The molecular formula is C33H39F2N7O. The molecule has 2 atom stereocenters. The largest absolute Gasteiger partial charge is 0.463 e. The van der Waals surface area contributed by atoms with Crippen LogP contribution in [0, 0.1) is 29.5 Å². The molecule has 43 heavy (non-hydrogen) atoms. The Hall–Kier alpha value is -3.55. The molecule has 1 aliphatic carbocycles. The third-order valence-electron chi connectivity index (χ3n) is 9.71. The zero-order valence-corrected chi connectivity index (χ0v) is 24.8. The Morgan fingerprint density at radius 2 is 2.00 bits per heavy atom. The molecular weight excluding hydrogens is 548 g/mol. The Bertz CT molecular complexity index is 1550. The van der Waals surface area contributed by atoms with Crippen LogP contribution in [0.25, 0.3) is 10.8 Å². The van der Waals surface area contributed by atoms with Gasteiger partial charge in [-0.3, -0.25) is 4.90 Å². The first-order valence-electron chi connectivity index (χ1n) is 15.6. The third kappa shape index (κ3) is 5.73. The summed E-state index contributed by atoms with van der Waals surface area (Å²) in [6.45, 7) is 8.14. The maximum absolute atomic E-state index is 14.7. The van der Waals surface area contributed by atoms with Crippen LogP contribution in [0.4, 0.5) is 20.3 Å². The van der Waals surface area contributed by atoms with Crippen LogP contribution < -0.4 is 19.9 Å². The number of nitriles is 1. The molecule has 4 aliphatic rings. The highest BCUT2D eigenvalue weighted by atomic mass is 19.1. The zero-order chi connectivity index (χ0) is 29.6. The van der Waals surface area contributed by atoms with Crippen molar-refractivity contribution in [3.05, 3.63) is 53.0 Å². The molecule has 1 N–H and O–H groups in total. The smallest absolute Gasteiger partial charge is 0.318 e. The molecule has 1 aromatic heterocycles. The Balaban J connectivity index is 1.19.